The molecule has 7 nitrogen and oxygen atoms in total. The second-order valence-electron chi connectivity index (χ2n) is 8.53. The number of sulfone groups is 1. The number of carbonyl (C=O) groups excluding carboxylic acids is 1. The lowest BCUT2D eigenvalue weighted by molar-refractivity contribution is -0.125. The van der Waals surface area contributed by atoms with Crippen molar-refractivity contribution >= 4 is 56.0 Å². The molecule has 0 unspecified atom stereocenters. The molecule has 2 atom stereocenters. The second-order valence-corrected chi connectivity index (χ2v) is 12.4. The monoisotopic (exact) mass is 551 g/mol. The maximum Gasteiger partial charge on any atom is 0.244 e. The van der Waals surface area contributed by atoms with E-state index in [9.17, 15) is 13.2 Å². The van der Waals surface area contributed by atoms with Gasteiger partial charge in [0.1, 0.15) is 10.8 Å². The first-order valence-corrected chi connectivity index (χ1v) is 14.4. The number of carbonyl (C=O) groups is 1. The number of nitrogens with zero attached hydrogens (tertiary/aromatic N) is 3. The normalized spacial score (nSPS) is 21.5. The summed E-state index contributed by atoms with van der Waals surface area (Å²) < 4.78 is 31.3. The second kappa shape index (κ2) is 10.2. The summed E-state index contributed by atoms with van der Waals surface area (Å²) in [6.07, 6.45) is 2.06. The number of rotatable bonds is 6. The highest BCUT2D eigenvalue weighted by molar-refractivity contribution is 7.90. The third kappa shape index (κ3) is 5.40. The molecule has 1 aromatic heterocycles. The van der Waals surface area contributed by atoms with Crippen LogP contribution in [-0.4, -0.2) is 56.5 Å². The first-order valence-electron chi connectivity index (χ1n) is 11.1. The van der Waals surface area contributed by atoms with Crippen LogP contribution in [0.15, 0.2) is 58.9 Å². The Kier molecular flexibility index (Phi) is 7.16. The lowest BCUT2D eigenvalue weighted by Crippen LogP contribution is -2.48. The predicted octanol–water partition coefficient (Wildman–Crippen LogP) is 4.60. The number of hydrogen-bond acceptors (Lipinski definition) is 7. The highest BCUT2D eigenvalue weighted by atomic mass is 35.5. The Balaban J connectivity index is 1.27. The molecule has 3 heterocycles. The van der Waals surface area contributed by atoms with Crippen molar-refractivity contribution in [2.24, 2.45) is 0 Å². The molecular weight excluding hydrogens is 529 g/mol. The van der Waals surface area contributed by atoms with E-state index in [0.29, 0.717) is 53.4 Å². The Morgan fingerprint density at radius 3 is 2.51 bits per heavy atom. The van der Waals surface area contributed by atoms with Crippen molar-refractivity contribution < 1.29 is 17.9 Å². The molecule has 2 saturated heterocycles. The first kappa shape index (κ1) is 24.7. The van der Waals surface area contributed by atoms with Gasteiger partial charge in [-0.2, -0.15) is 0 Å². The van der Waals surface area contributed by atoms with E-state index in [1.807, 2.05) is 12.1 Å². The molecule has 0 bridgehead atoms. The minimum atomic E-state index is -3.50. The van der Waals surface area contributed by atoms with Crippen LogP contribution in [0.25, 0.3) is 0 Å². The van der Waals surface area contributed by atoms with Crippen LogP contribution >= 0.6 is 34.5 Å². The summed E-state index contributed by atoms with van der Waals surface area (Å²) in [6, 6.07) is 11.6. The zero-order valence-corrected chi connectivity index (χ0v) is 21.8. The topological polar surface area (TPSA) is 79.8 Å². The molecule has 1 amide bonds. The van der Waals surface area contributed by atoms with Gasteiger partial charge in [-0.3, -0.25) is 9.69 Å². The lowest BCUT2D eigenvalue weighted by Gasteiger charge is -2.36. The van der Waals surface area contributed by atoms with Gasteiger partial charge < -0.3 is 9.64 Å². The van der Waals surface area contributed by atoms with Gasteiger partial charge in [-0.15, -0.1) is 11.3 Å². The van der Waals surface area contributed by atoms with Crippen molar-refractivity contribution in [1.29, 1.82) is 0 Å². The molecule has 0 saturated carbocycles. The van der Waals surface area contributed by atoms with Crippen molar-refractivity contribution in [1.82, 2.24) is 9.88 Å². The Morgan fingerprint density at radius 1 is 1.09 bits per heavy atom. The van der Waals surface area contributed by atoms with Gasteiger partial charge in [-0.05, 0) is 54.4 Å². The van der Waals surface area contributed by atoms with Gasteiger partial charge in [0.15, 0.2) is 9.84 Å². The summed E-state index contributed by atoms with van der Waals surface area (Å²) >= 11 is 13.6. The largest absolute Gasteiger partial charge is 0.371 e. The first-order chi connectivity index (χ1) is 16.8. The van der Waals surface area contributed by atoms with E-state index in [4.69, 9.17) is 27.9 Å². The average Bonchev–Trinajstić information content (AvgIpc) is 3.48. The van der Waals surface area contributed by atoms with Gasteiger partial charge in [0.05, 0.1) is 23.6 Å². The number of benzene rings is 2. The van der Waals surface area contributed by atoms with Crippen molar-refractivity contribution in [3.8, 4) is 0 Å². The van der Waals surface area contributed by atoms with E-state index in [2.05, 4.69) is 9.88 Å². The zero-order valence-electron chi connectivity index (χ0n) is 18.6. The summed E-state index contributed by atoms with van der Waals surface area (Å²) in [4.78, 5) is 21.5. The molecule has 2 aliphatic rings. The summed E-state index contributed by atoms with van der Waals surface area (Å²) in [7, 11) is -3.50. The Hall–Kier alpha value is -2.01. The van der Waals surface area contributed by atoms with Crippen LogP contribution < -0.4 is 4.90 Å². The Labute approximate surface area is 218 Å². The summed E-state index contributed by atoms with van der Waals surface area (Å²) in [5.41, 5.74) is 1.58. The Bertz CT molecular complexity index is 1300. The van der Waals surface area contributed by atoms with Crippen LogP contribution in [-0.2, 0) is 25.1 Å². The number of anilines is 1. The molecule has 2 aliphatic heterocycles. The highest BCUT2D eigenvalue weighted by Gasteiger charge is 2.39. The van der Waals surface area contributed by atoms with Crippen molar-refractivity contribution in [3.05, 3.63) is 74.7 Å². The molecule has 0 N–H and O–H groups in total. The van der Waals surface area contributed by atoms with Crippen LogP contribution in [0.4, 0.5) is 5.69 Å². The van der Waals surface area contributed by atoms with Gasteiger partial charge in [0.25, 0.3) is 0 Å². The van der Waals surface area contributed by atoms with E-state index in [0.717, 1.165) is 5.56 Å². The van der Waals surface area contributed by atoms with Crippen LogP contribution in [0, 0.1) is 0 Å². The van der Waals surface area contributed by atoms with Crippen LogP contribution in [0.3, 0.4) is 0 Å². The fraction of sp³-hybridized carbons (Fsp3) is 0.333. The number of thiazole rings is 1. The predicted molar refractivity (Wildman–Crippen MR) is 137 cm³/mol. The van der Waals surface area contributed by atoms with E-state index >= 15 is 0 Å². The van der Waals surface area contributed by atoms with Crippen molar-refractivity contribution in [2.45, 2.75) is 29.2 Å². The third-order valence-electron chi connectivity index (χ3n) is 6.28. The number of hydrogen-bond donors (Lipinski definition) is 0. The molecule has 184 valence electrons. The molecule has 0 spiro atoms. The third-order valence-corrected chi connectivity index (χ3v) is 9.32. The molecule has 3 aromatic rings. The van der Waals surface area contributed by atoms with Crippen molar-refractivity contribution in [3.63, 3.8) is 0 Å². The molecule has 11 heteroatoms. The maximum atomic E-state index is 13.3. The van der Waals surface area contributed by atoms with Gasteiger partial charge in [-0.1, -0.05) is 23.2 Å². The van der Waals surface area contributed by atoms with Gasteiger partial charge in [-0.25, -0.2) is 13.4 Å². The zero-order chi connectivity index (χ0) is 24.6. The fourth-order valence-electron chi connectivity index (χ4n) is 4.58. The SMILES string of the molecule is O=C1[C@@H](N2CCO[C@@H](c3cc(Cl)cc(Cl)c3)C2)CCN1c1ccc(S(=O)(=O)Cc2nccs2)cc1. The lowest BCUT2D eigenvalue weighted by atomic mass is 10.1. The highest BCUT2D eigenvalue weighted by Crippen LogP contribution is 2.32. The van der Waals surface area contributed by atoms with E-state index in [-0.39, 0.29) is 28.7 Å². The molecular formula is C24H23Cl2N3O4S2. The molecule has 0 aliphatic carbocycles. The van der Waals surface area contributed by atoms with Gasteiger partial charge in [0.2, 0.25) is 5.91 Å². The number of morpholine rings is 1. The molecule has 5 rings (SSSR count). The number of halogens is 2. The smallest absolute Gasteiger partial charge is 0.244 e. The van der Waals surface area contributed by atoms with Gasteiger partial charge >= 0.3 is 0 Å². The number of ether oxygens (including phenoxy) is 1. The van der Waals surface area contributed by atoms with Crippen LogP contribution in [0.5, 0.6) is 0 Å². The van der Waals surface area contributed by atoms with Gasteiger partial charge in [0, 0.05) is 46.9 Å². The van der Waals surface area contributed by atoms with E-state index < -0.39 is 9.84 Å². The molecule has 2 aromatic carbocycles. The van der Waals surface area contributed by atoms with Crippen molar-refractivity contribution in [2.75, 3.05) is 31.1 Å². The quantitative estimate of drug-likeness (QED) is 0.445. The molecule has 0 radical (unpaired) electrons. The molecule has 2 fully saturated rings. The fourth-order valence-corrected chi connectivity index (χ4v) is 7.38. The average molecular weight is 553 g/mol. The standard InChI is InChI=1S/C24H23Cl2N3O4S2/c25-17-11-16(12-18(26)13-17)22-14-28(8-9-33-22)21-5-7-29(24(21)30)19-1-3-20(4-2-19)35(31,32)15-23-27-6-10-34-23/h1-4,6,10-13,21-22H,5,7-9,14-15H2/t21-,22+/m0/s1. The maximum absolute atomic E-state index is 13.3. The van der Waals surface area contributed by atoms with E-state index in [1.165, 1.54) is 11.3 Å². The number of aromatic nitrogens is 1. The Morgan fingerprint density at radius 2 is 1.83 bits per heavy atom. The van der Waals surface area contributed by atoms with Crippen LogP contribution in [0.2, 0.25) is 10.0 Å². The summed E-state index contributed by atoms with van der Waals surface area (Å²) in [5, 5.41) is 3.40. The van der Waals surface area contributed by atoms with Crippen LogP contribution in [0.1, 0.15) is 23.1 Å². The van der Waals surface area contributed by atoms with E-state index in [1.54, 1.807) is 46.8 Å². The number of amides is 1. The summed E-state index contributed by atoms with van der Waals surface area (Å²) in [5.74, 6) is -0.127. The summed E-state index contributed by atoms with van der Waals surface area (Å²) in [6.45, 7) is 2.29. The molecule has 35 heavy (non-hydrogen) atoms. The minimum absolute atomic E-state index is 0.00756. The minimum Gasteiger partial charge on any atom is -0.371 e.